The van der Waals surface area contributed by atoms with Crippen LogP contribution in [-0.2, 0) is 9.53 Å². The van der Waals surface area contributed by atoms with Gasteiger partial charge in [0.05, 0.1) is 6.04 Å². The van der Waals surface area contributed by atoms with E-state index in [4.69, 9.17) is 4.74 Å². The molecule has 1 aliphatic rings. The van der Waals surface area contributed by atoms with Gasteiger partial charge in [0.15, 0.2) is 6.04 Å². The molecule has 0 aliphatic carbocycles. The number of carbonyl (C=O) groups excluding carboxylic acids is 1. The highest BCUT2D eigenvalue weighted by atomic mass is 35.5. The molecule has 0 spiro atoms. The van der Waals surface area contributed by atoms with Crippen molar-refractivity contribution in [2.45, 2.75) is 19.0 Å². The van der Waals surface area contributed by atoms with Gasteiger partial charge in [-0.25, -0.2) is 9.18 Å². The van der Waals surface area contributed by atoms with Gasteiger partial charge in [-0.1, -0.05) is 42.5 Å². The molecule has 2 atom stereocenters. The van der Waals surface area contributed by atoms with Crippen molar-refractivity contribution in [3.05, 3.63) is 84.0 Å². The van der Waals surface area contributed by atoms with E-state index in [0.29, 0.717) is 5.56 Å². The molecule has 0 aromatic heterocycles. The van der Waals surface area contributed by atoms with Crippen LogP contribution in [0, 0.1) is 5.82 Å². The average molecular weight is 334 g/mol. The Labute approximate surface area is 140 Å². The molecule has 1 unspecified atom stereocenters. The molecule has 2 aromatic carbocycles. The van der Waals surface area contributed by atoms with E-state index in [9.17, 15) is 9.18 Å². The van der Waals surface area contributed by atoms with Crippen LogP contribution in [0.5, 0.6) is 0 Å². The van der Waals surface area contributed by atoms with Gasteiger partial charge in [0.25, 0.3) is 0 Å². The van der Waals surface area contributed by atoms with Crippen LogP contribution in [0.1, 0.15) is 30.1 Å². The molecule has 120 valence electrons. The second-order valence-electron chi connectivity index (χ2n) is 5.21. The second-order valence-corrected chi connectivity index (χ2v) is 5.21. The van der Waals surface area contributed by atoms with Crippen molar-refractivity contribution in [3.8, 4) is 0 Å². The fourth-order valence-electron chi connectivity index (χ4n) is 2.65. The van der Waals surface area contributed by atoms with E-state index < -0.39 is 6.04 Å². The van der Waals surface area contributed by atoms with Crippen molar-refractivity contribution in [2.24, 2.45) is 0 Å². The maximum absolute atomic E-state index is 13.1. The Hall–Kier alpha value is -2.33. The van der Waals surface area contributed by atoms with Crippen molar-refractivity contribution in [3.63, 3.8) is 0 Å². The molecule has 1 heterocycles. The van der Waals surface area contributed by atoms with Gasteiger partial charge in [0, 0.05) is 6.20 Å². The van der Waals surface area contributed by atoms with Crippen LogP contribution < -0.4 is 0 Å². The van der Waals surface area contributed by atoms with Crippen LogP contribution in [0.3, 0.4) is 0 Å². The number of ether oxygens (including phenoxy) is 1. The van der Waals surface area contributed by atoms with Gasteiger partial charge in [-0.05, 0) is 30.2 Å². The van der Waals surface area contributed by atoms with Crippen molar-refractivity contribution >= 4 is 18.4 Å². The Kier molecular flexibility index (Phi) is 5.40. The maximum atomic E-state index is 13.1. The lowest BCUT2D eigenvalue weighted by atomic mass is 10.00. The summed E-state index contributed by atoms with van der Waals surface area (Å²) in [5.74, 6) is -0.692. The number of hydrogen-bond donors (Lipinski definition) is 0. The molecule has 2 aromatic rings. The van der Waals surface area contributed by atoms with Crippen molar-refractivity contribution in [1.29, 1.82) is 0 Å². The molecule has 0 bridgehead atoms. The third kappa shape index (κ3) is 3.54. The van der Waals surface area contributed by atoms with Gasteiger partial charge in [0.2, 0.25) is 0 Å². The first-order chi connectivity index (χ1) is 10.7. The summed E-state index contributed by atoms with van der Waals surface area (Å²) in [7, 11) is 0. The fraction of sp³-hybridized carbons (Fsp3) is 0.167. The van der Waals surface area contributed by atoms with Crippen molar-refractivity contribution in [1.82, 2.24) is 4.90 Å². The smallest absolute Gasteiger partial charge is 0.338 e. The zero-order valence-electron chi connectivity index (χ0n) is 12.6. The maximum Gasteiger partial charge on any atom is 0.338 e. The highest BCUT2D eigenvalue weighted by Crippen LogP contribution is 2.34. The molecule has 0 N–H and O–H groups in total. The van der Waals surface area contributed by atoms with Gasteiger partial charge in [-0.2, -0.15) is 0 Å². The molecule has 0 amide bonds. The molecule has 0 saturated heterocycles. The largest absolute Gasteiger partial charge is 0.431 e. The van der Waals surface area contributed by atoms with Crippen molar-refractivity contribution in [2.75, 3.05) is 0 Å². The minimum atomic E-state index is -0.583. The van der Waals surface area contributed by atoms with Crippen LogP contribution in [-0.4, -0.2) is 10.9 Å². The summed E-state index contributed by atoms with van der Waals surface area (Å²) in [5, 5.41) is 0. The molecule has 5 heteroatoms. The number of cyclic esters (lactones) is 1. The molecule has 0 fully saturated rings. The van der Waals surface area contributed by atoms with E-state index in [1.807, 2.05) is 42.2 Å². The summed E-state index contributed by atoms with van der Waals surface area (Å²) in [5.41, 5.74) is 1.80. The van der Waals surface area contributed by atoms with E-state index >= 15 is 0 Å². The lowest BCUT2D eigenvalue weighted by Crippen LogP contribution is -2.35. The molecule has 3 nitrogen and oxygen atoms in total. The van der Waals surface area contributed by atoms with Gasteiger partial charge < -0.3 is 9.64 Å². The number of esters is 1. The first-order valence-electron chi connectivity index (χ1n) is 7.12. The monoisotopic (exact) mass is 333 g/mol. The predicted molar refractivity (Wildman–Crippen MR) is 88.3 cm³/mol. The van der Waals surface area contributed by atoms with Gasteiger partial charge in [0.1, 0.15) is 12.1 Å². The number of halogens is 2. The number of nitrogens with zero attached hydrogens (tertiary/aromatic N) is 1. The minimum Gasteiger partial charge on any atom is -0.431 e. The van der Waals surface area contributed by atoms with Crippen LogP contribution in [0.4, 0.5) is 4.39 Å². The van der Waals surface area contributed by atoms with Crippen LogP contribution in [0.2, 0.25) is 0 Å². The fourth-order valence-corrected chi connectivity index (χ4v) is 2.65. The normalized spacial score (nSPS) is 18.1. The molecule has 0 saturated carbocycles. The average Bonchev–Trinajstić information content (AvgIpc) is 2.56. The minimum absolute atomic E-state index is 0. The topological polar surface area (TPSA) is 29.5 Å². The summed E-state index contributed by atoms with van der Waals surface area (Å²) in [6.45, 7) is 2.02. The third-order valence-corrected chi connectivity index (χ3v) is 3.85. The van der Waals surface area contributed by atoms with E-state index in [2.05, 4.69) is 0 Å². The lowest BCUT2D eigenvalue weighted by Gasteiger charge is -2.36. The summed E-state index contributed by atoms with van der Waals surface area (Å²) in [6.07, 6.45) is 3.15. The first-order valence-corrected chi connectivity index (χ1v) is 7.12. The number of rotatable bonds is 3. The Bertz CT molecular complexity index is 688. The Morgan fingerprint density at radius 3 is 2.39 bits per heavy atom. The highest BCUT2D eigenvalue weighted by molar-refractivity contribution is 5.85. The quantitative estimate of drug-likeness (QED) is 0.781. The number of carbonyl (C=O) groups is 1. The highest BCUT2D eigenvalue weighted by Gasteiger charge is 2.33. The summed E-state index contributed by atoms with van der Waals surface area (Å²) < 4.78 is 18.2. The molecule has 0 radical (unpaired) electrons. The molecule has 3 rings (SSSR count). The summed E-state index contributed by atoms with van der Waals surface area (Å²) in [6, 6.07) is 15.2. The Balaban J connectivity index is 0.00000192. The van der Waals surface area contributed by atoms with Crippen LogP contribution in [0.15, 0.2) is 67.1 Å². The van der Waals surface area contributed by atoms with E-state index in [-0.39, 0.29) is 30.2 Å². The van der Waals surface area contributed by atoms with Gasteiger partial charge in [-0.15, -0.1) is 12.4 Å². The van der Waals surface area contributed by atoms with Crippen LogP contribution >= 0.6 is 12.4 Å². The molecular formula is C18H17ClFNO2. The summed E-state index contributed by atoms with van der Waals surface area (Å²) in [4.78, 5) is 14.1. The lowest BCUT2D eigenvalue weighted by molar-refractivity contribution is -0.146. The van der Waals surface area contributed by atoms with Crippen LogP contribution in [0.25, 0.3) is 0 Å². The zero-order valence-corrected chi connectivity index (χ0v) is 13.4. The van der Waals surface area contributed by atoms with Gasteiger partial charge >= 0.3 is 5.97 Å². The Morgan fingerprint density at radius 2 is 1.74 bits per heavy atom. The van der Waals surface area contributed by atoms with Crippen molar-refractivity contribution < 1.29 is 13.9 Å². The predicted octanol–water partition coefficient (Wildman–Crippen LogP) is 4.38. The van der Waals surface area contributed by atoms with Gasteiger partial charge in [-0.3, -0.25) is 0 Å². The zero-order chi connectivity index (χ0) is 15.5. The van der Waals surface area contributed by atoms with E-state index in [1.54, 1.807) is 18.3 Å². The SMILES string of the molecule is C[C@@H](c1ccccc1)N1C=COC(=O)C1c1ccc(F)cc1.Cl. The Morgan fingerprint density at radius 1 is 1.09 bits per heavy atom. The van der Waals surface area contributed by atoms with E-state index in [0.717, 1.165) is 5.56 Å². The molecular weight excluding hydrogens is 317 g/mol. The second kappa shape index (κ2) is 7.29. The van der Waals surface area contributed by atoms with E-state index in [1.165, 1.54) is 18.4 Å². The molecule has 1 aliphatic heterocycles. The third-order valence-electron chi connectivity index (χ3n) is 3.85. The standard InChI is InChI=1S/C18H16FNO2.ClH/c1-13(14-5-3-2-4-6-14)20-11-12-22-18(21)17(20)15-7-9-16(19)10-8-15;/h2-13,17H,1H3;1H/t13-,17?;/m0./s1. The molecule has 23 heavy (non-hydrogen) atoms. The number of hydrogen-bond acceptors (Lipinski definition) is 3. The number of benzene rings is 2. The first kappa shape index (κ1) is 17.0. The summed E-state index contributed by atoms with van der Waals surface area (Å²) >= 11 is 0.